The van der Waals surface area contributed by atoms with Gasteiger partial charge in [0.15, 0.2) is 5.96 Å². The molecule has 0 unspecified atom stereocenters. The van der Waals surface area contributed by atoms with Gasteiger partial charge in [-0.3, -0.25) is 4.99 Å². The molecule has 1 aromatic carbocycles. The van der Waals surface area contributed by atoms with Gasteiger partial charge in [-0.1, -0.05) is 31.4 Å². The molecule has 30 heavy (non-hydrogen) atoms. The van der Waals surface area contributed by atoms with E-state index in [1.807, 2.05) is 24.0 Å². The molecular formula is C24H36N6. The molecule has 4 rings (SSSR count). The largest absolute Gasteiger partial charge is 0.354 e. The van der Waals surface area contributed by atoms with E-state index < -0.39 is 0 Å². The van der Waals surface area contributed by atoms with Gasteiger partial charge in [-0.15, -0.1) is 0 Å². The highest BCUT2D eigenvalue weighted by molar-refractivity contribution is 5.80. The van der Waals surface area contributed by atoms with Gasteiger partial charge in [0, 0.05) is 51.7 Å². The fraction of sp³-hybridized carbons (Fsp3) is 0.583. The predicted octanol–water partition coefficient (Wildman–Crippen LogP) is 3.58. The first-order chi connectivity index (χ1) is 14.8. The molecule has 2 fully saturated rings. The van der Waals surface area contributed by atoms with Crippen molar-refractivity contribution in [1.82, 2.24) is 25.3 Å². The average Bonchev–Trinajstić information content (AvgIpc) is 3.34. The Bertz CT molecular complexity index is 786. The van der Waals surface area contributed by atoms with Crippen LogP contribution in [0.4, 0.5) is 0 Å². The number of hydrogen-bond donors (Lipinski definition) is 2. The number of guanidine groups is 1. The second-order valence-electron chi connectivity index (χ2n) is 8.77. The summed E-state index contributed by atoms with van der Waals surface area (Å²) in [5.41, 5.74) is 2.29. The molecule has 0 bridgehead atoms. The van der Waals surface area contributed by atoms with Crippen molar-refractivity contribution in [3.05, 3.63) is 48.3 Å². The Morgan fingerprint density at radius 1 is 1.10 bits per heavy atom. The molecule has 2 N–H and O–H groups in total. The molecular weight excluding hydrogens is 372 g/mol. The lowest BCUT2D eigenvalue weighted by molar-refractivity contribution is 0.160. The number of piperidine rings is 1. The first-order valence-corrected chi connectivity index (χ1v) is 11.6. The third-order valence-electron chi connectivity index (χ3n) is 6.53. The van der Waals surface area contributed by atoms with Crippen LogP contribution in [-0.2, 0) is 6.54 Å². The first kappa shape index (κ1) is 20.9. The van der Waals surface area contributed by atoms with Crippen LogP contribution in [0, 0.1) is 5.92 Å². The van der Waals surface area contributed by atoms with Crippen LogP contribution in [0.5, 0.6) is 0 Å². The Morgan fingerprint density at radius 2 is 1.93 bits per heavy atom. The number of likely N-dealkylation sites (tertiary alicyclic amines) is 1. The summed E-state index contributed by atoms with van der Waals surface area (Å²) >= 11 is 0. The van der Waals surface area contributed by atoms with E-state index in [2.05, 4.69) is 49.9 Å². The molecule has 1 aliphatic heterocycles. The second kappa shape index (κ2) is 10.6. The molecule has 2 aromatic rings. The van der Waals surface area contributed by atoms with Crippen molar-refractivity contribution in [2.24, 2.45) is 10.9 Å². The minimum absolute atomic E-state index is 0.509. The van der Waals surface area contributed by atoms with Gasteiger partial charge in [-0.05, 0) is 55.4 Å². The fourth-order valence-electron chi connectivity index (χ4n) is 4.80. The van der Waals surface area contributed by atoms with Gasteiger partial charge in [0.2, 0.25) is 0 Å². The van der Waals surface area contributed by atoms with Crippen molar-refractivity contribution in [2.45, 2.75) is 57.5 Å². The predicted molar refractivity (Wildman–Crippen MR) is 123 cm³/mol. The van der Waals surface area contributed by atoms with Crippen molar-refractivity contribution in [3.63, 3.8) is 0 Å². The normalized spacial score (nSPS) is 19.7. The molecule has 0 atom stereocenters. The average molecular weight is 409 g/mol. The van der Waals surface area contributed by atoms with E-state index in [1.54, 1.807) is 6.20 Å². The van der Waals surface area contributed by atoms with Gasteiger partial charge in [0.1, 0.15) is 0 Å². The maximum absolute atomic E-state index is 4.45. The summed E-state index contributed by atoms with van der Waals surface area (Å²) in [6.45, 7) is 4.47. The number of hydrogen-bond acceptors (Lipinski definition) is 3. The van der Waals surface area contributed by atoms with E-state index in [1.165, 1.54) is 70.1 Å². The molecule has 6 heteroatoms. The molecule has 0 radical (unpaired) electrons. The molecule has 1 aliphatic carbocycles. The van der Waals surface area contributed by atoms with Crippen LogP contribution in [0.25, 0.3) is 5.69 Å². The topological polar surface area (TPSA) is 57.5 Å². The van der Waals surface area contributed by atoms with Gasteiger partial charge in [-0.2, -0.15) is 5.10 Å². The Hall–Kier alpha value is -2.34. The van der Waals surface area contributed by atoms with Crippen molar-refractivity contribution >= 4 is 5.96 Å². The Kier molecular flexibility index (Phi) is 7.40. The van der Waals surface area contributed by atoms with Crippen molar-refractivity contribution in [3.8, 4) is 5.69 Å². The molecule has 0 spiro atoms. The Balaban J connectivity index is 1.21. The fourth-order valence-corrected chi connectivity index (χ4v) is 4.80. The highest BCUT2D eigenvalue weighted by Crippen LogP contribution is 2.25. The van der Waals surface area contributed by atoms with Crippen molar-refractivity contribution in [2.75, 3.05) is 26.7 Å². The van der Waals surface area contributed by atoms with Gasteiger partial charge in [0.25, 0.3) is 0 Å². The lowest BCUT2D eigenvalue weighted by Gasteiger charge is -2.36. The lowest BCUT2D eigenvalue weighted by atomic mass is 9.88. The maximum atomic E-state index is 4.45. The number of aliphatic imine (C=N–C) groups is 1. The maximum Gasteiger partial charge on any atom is 0.191 e. The monoisotopic (exact) mass is 408 g/mol. The lowest BCUT2D eigenvalue weighted by Crippen LogP contribution is -2.49. The van der Waals surface area contributed by atoms with E-state index in [0.29, 0.717) is 6.04 Å². The molecule has 1 saturated heterocycles. The Morgan fingerprint density at radius 3 is 2.67 bits per heavy atom. The van der Waals surface area contributed by atoms with E-state index in [-0.39, 0.29) is 0 Å². The van der Waals surface area contributed by atoms with E-state index in [4.69, 9.17) is 0 Å². The quantitative estimate of drug-likeness (QED) is 0.567. The second-order valence-corrected chi connectivity index (χ2v) is 8.77. The van der Waals surface area contributed by atoms with E-state index in [0.717, 1.165) is 24.1 Å². The zero-order chi connectivity index (χ0) is 20.6. The SMILES string of the molecule is CN=C(NCc1cccc(-n2cccn2)c1)NC1CCN(CC2CCCCC2)CC1. The van der Waals surface area contributed by atoms with Crippen LogP contribution in [0.15, 0.2) is 47.7 Å². The molecule has 0 amide bonds. The van der Waals surface area contributed by atoms with E-state index >= 15 is 0 Å². The summed E-state index contributed by atoms with van der Waals surface area (Å²) in [7, 11) is 1.85. The van der Waals surface area contributed by atoms with Gasteiger partial charge >= 0.3 is 0 Å². The third-order valence-corrected chi connectivity index (χ3v) is 6.53. The van der Waals surface area contributed by atoms with Crippen LogP contribution >= 0.6 is 0 Å². The van der Waals surface area contributed by atoms with Crippen LogP contribution in [-0.4, -0.2) is 53.4 Å². The molecule has 2 heterocycles. The minimum Gasteiger partial charge on any atom is -0.354 e. The van der Waals surface area contributed by atoms with Gasteiger partial charge in [-0.25, -0.2) is 4.68 Å². The number of aromatic nitrogens is 2. The molecule has 1 saturated carbocycles. The van der Waals surface area contributed by atoms with Crippen molar-refractivity contribution < 1.29 is 0 Å². The molecule has 162 valence electrons. The summed E-state index contributed by atoms with van der Waals surface area (Å²) in [6, 6.07) is 10.9. The number of nitrogens with zero attached hydrogens (tertiary/aromatic N) is 4. The van der Waals surface area contributed by atoms with Gasteiger partial charge < -0.3 is 15.5 Å². The van der Waals surface area contributed by atoms with Crippen LogP contribution in [0.3, 0.4) is 0 Å². The highest BCUT2D eigenvalue weighted by Gasteiger charge is 2.23. The standard InChI is InChI=1S/C24H36N6/c1-25-24(26-18-21-9-5-10-23(17-21)30-14-6-13-27-30)28-22-11-15-29(16-12-22)19-20-7-3-2-4-8-20/h5-6,9-10,13-14,17,20,22H,2-4,7-8,11-12,15-16,18-19H2,1H3,(H2,25,26,28). The molecule has 1 aromatic heterocycles. The Labute approximate surface area is 180 Å². The zero-order valence-electron chi connectivity index (χ0n) is 18.3. The van der Waals surface area contributed by atoms with Crippen molar-refractivity contribution in [1.29, 1.82) is 0 Å². The number of rotatable bonds is 6. The van der Waals surface area contributed by atoms with Crippen LogP contribution < -0.4 is 10.6 Å². The molecule has 6 nitrogen and oxygen atoms in total. The van der Waals surface area contributed by atoms with E-state index in [9.17, 15) is 0 Å². The third kappa shape index (κ3) is 5.85. The number of benzene rings is 1. The first-order valence-electron chi connectivity index (χ1n) is 11.6. The number of nitrogens with one attached hydrogen (secondary N) is 2. The summed E-state index contributed by atoms with van der Waals surface area (Å²) < 4.78 is 1.89. The smallest absolute Gasteiger partial charge is 0.191 e. The summed E-state index contributed by atoms with van der Waals surface area (Å²) in [6.07, 6.45) is 13.4. The summed E-state index contributed by atoms with van der Waals surface area (Å²) in [4.78, 5) is 7.13. The highest BCUT2D eigenvalue weighted by atomic mass is 15.3. The minimum atomic E-state index is 0.509. The van der Waals surface area contributed by atoms with Gasteiger partial charge in [0.05, 0.1) is 5.69 Å². The summed E-state index contributed by atoms with van der Waals surface area (Å²) in [5, 5.41) is 11.4. The van der Waals surface area contributed by atoms with Crippen LogP contribution in [0.1, 0.15) is 50.5 Å². The van der Waals surface area contributed by atoms with Crippen LogP contribution in [0.2, 0.25) is 0 Å². The zero-order valence-corrected chi connectivity index (χ0v) is 18.3. The summed E-state index contributed by atoms with van der Waals surface area (Å²) in [5.74, 6) is 1.83. The molecule has 2 aliphatic rings.